The molecule has 82 valence electrons. The van der Waals surface area contributed by atoms with E-state index >= 15 is 0 Å². The number of carbonyl (C=O) groups is 1. The molecule has 0 saturated heterocycles. The van der Waals surface area contributed by atoms with Crippen LogP contribution in [0.25, 0.3) is 10.9 Å². The molecule has 0 aliphatic carbocycles. The lowest BCUT2D eigenvalue weighted by atomic mass is 10.2. The van der Waals surface area contributed by atoms with Gasteiger partial charge in [0.15, 0.2) is 0 Å². The van der Waals surface area contributed by atoms with Crippen molar-refractivity contribution in [1.82, 2.24) is 10.3 Å². The smallest absolute Gasteiger partial charge is 0.269 e. The Morgan fingerprint density at radius 3 is 2.94 bits per heavy atom. The van der Waals surface area contributed by atoms with Gasteiger partial charge in [-0.25, -0.2) is 4.98 Å². The van der Waals surface area contributed by atoms with Crippen LogP contribution in [0, 0.1) is 0 Å². The topological polar surface area (TPSA) is 42.0 Å². The van der Waals surface area contributed by atoms with E-state index in [9.17, 15) is 4.79 Å². The zero-order chi connectivity index (χ0) is 11.5. The van der Waals surface area contributed by atoms with Gasteiger partial charge in [-0.1, -0.05) is 29.8 Å². The molecule has 3 nitrogen and oxygen atoms in total. The molecule has 0 radical (unpaired) electrons. The summed E-state index contributed by atoms with van der Waals surface area (Å²) in [7, 11) is 0. The highest BCUT2D eigenvalue weighted by Gasteiger charge is 2.07. The molecule has 2 aromatic rings. The molecular formula is C12H11ClN2O. The van der Waals surface area contributed by atoms with Gasteiger partial charge < -0.3 is 5.32 Å². The van der Waals surface area contributed by atoms with Gasteiger partial charge in [0.25, 0.3) is 5.91 Å². The number of para-hydroxylation sites is 1. The first-order valence-corrected chi connectivity index (χ1v) is 5.43. The van der Waals surface area contributed by atoms with Crippen LogP contribution >= 0.6 is 11.6 Å². The number of benzene rings is 1. The van der Waals surface area contributed by atoms with Crippen molar-refractivity contribution in [2.45, 2.75) is 6.92 Å². The number of pyridine rings is 1. The minimum Gasteiger partial charge on any atom is -0.351 e. The number of hydrogen-bond donors (Lipinski definition) is 1. The van der Waals surface area contributed by atoms with Gasteiger partial charge in [-0.3, -0.25) is 4.79 Å². The van der Waals surface area contributed by atoms with Crippen molar-refractivity contribution >= 4 is 28.4 Å². The SMILES string of the molecule is CCNC(=O)c1ccc2cccc(Cl)c2n1. The van der Waals surface area contributed by atoms with E-state index in [4.69, 9.17) is 11.6 Å². The van der Waals surface area contributed by atoms with Crippen molar-refractivity contribution in [2.75, 3.05) is 6.54 Å². The summed E-state index contributed by atoms with van der Waals surface area (Å²) in [6.07, 6.45) is 0. The van der Waals surface area contributed by atoms with Gasteiger partial charge in [0.1, 0.15) is 5.69 Å². The second-order valence-electron chi connectivity index (χ2n) is 3.37. The highest BCUT2D eigenvalue weighted by Crippen LogP contribution is 2.21. The van der Waals surface area contributed by atoms with E-state index in [-0.39, 0.29) is 5.91 Å². The first-order chi connectivity index (χ1) is 7.72. The van der Waals surface area contributed by atoms with Crippen LogP contribution in [0.3, 0.4) is 0 Å². The van der Waals surface area contributed by atoms with E-state index in [0.29, 0.717) is 22.8 Å². The van der Waals surface area contributed by atoms with E-state index in [1.165, 1.54) is 0 Å². The van der Waals surface area contributed by atoms with E-state index < -0.39 is 0 Å². The van der Waals surface area contributed by atoms with Crippen LogP contribution in [-0.4, -0.2) is 17.4 Å². The fourth-order valence-corrected chi connectivity index (χ4v) is 1.71. The van der Waals surface area contributed by atoms with Gasteiger partial charge in [0.2, 0.25) is 0 Å². The highest BCUT2D eigenvalue weighted by molar-refractivity contribution is 6.35. The minimum absolute atomic E-state index is 0.177. The molecule has 4 heteroatoms. The molecule has 0 atom stereocenters. The van der Waals surface area contributed by atoms with Gasteiger partial charge in [0, 0.05) is 11.9 Å². The summed E-state index contributed by atoms with van der Waals surface area (Å²) >= 11 is 6.02. The average Bonchev–Trinajstić information content (AvgIpc) is 2.29. The molecule has 1 N–H and O–H groups in total. The van der Waals surface area contributed by atoms with Gasteiger partial charge >= 0.3 is 0 Å². The fourth-order valence-electron chi connectivity index (χ4n) is 1.49. The normalized spacial score (nSPS) is 10.4. The predicted molar refractivity (Wildman–Crippen MR) is 64.8 cm³/mol. The Morgan fingerprint density at radius 1 is 1.38 bits per heavy atom. The summed E-state index contributed by atoms with van der Waals surface area (Å²) in [5, 5.41) is 4.19. The lowest BCUT2D eigenvalue weighted by Gasteiger charge is -2.04. The first kappa shape index (κ1) is 10.9. The van der Waals surface area contributed by atoms with Gasteiger partial charge in [-0.2, -0.15) is 0 Å². The summed E-state index contributed by atoms with van der Waals surface area (Å²) in [5.74, 6) is -0.177. The van der Waals surface area contributed by atoms with Crippen LogP contribution in [0.5, 0.6) is 0 Å². The van der Waals surface area contributed by atoms with Crippen molar-refractivity contribution < 1.29 is 4.79 Å². The molecule has 0 unspecified atom stereocenters. The fraction of sp³-hybridized carbons (Fsp3) is 0.167. The van der Waals surface area contributed by atoms with Gasteiger partial charge in [-0.05, 0) is 19.1 Å². The van der Waals surface area contributed by atoms with E-state index in [2.05, 4.69) is 10.3 Å². The summed E-state index contributed by atoms with van der Waals surface area (Å²) < 4.78 is 0. The first-order valence-electron chi connectivity index (χ1n) is 5.06. The summed E-state index contributed by atoms with van der Waals surface area (Å²) in [6.45, 7) is 2.45. The van der Waals surface area contributed by atoms with E-state index in [1.807, 2.05) is 25.1 Å². The average molecular weight is 235 g/mol. The maximum atomic E-state index is 11.6. The monoisotopic (exact) mass is 234 g/mol. The van der Waals surface area contributed by atoms with Crippen molar-refractivity contribution in [2.24, 2.45) is 0 Å². The van der Waals surface area contributed by atoms with Gasteiger partial charge in [0.05, 0.1) is 10.5 Å². The second-order valence-corrected chi connectivity index (χ2v) is 3.77. The zero-order valence-corrected chi connectivity index (χ0v) is 9.58. The number of halogens is 1. The number of rotatable bonds is 2. The number of fused-ring (bicyclic) bond motifs is 1. The Hall–Kier alpha value is -1.61. The molecule has 0 aliphatic rings. The number of carbonyl (C=O) groups excluding carboxylic acids is 1. The van der Waals surface area contributed by atoms with Crippen molar-refractivity contribution in [3.8, 4) is 0 Å². The molecule has 0 fully saturated rings. The molecule has 0 bridgehead atoms. The Balaban J connectivity index is 2.51. The molecular weight excluding hydrogens is 224 g/mol. The lowest BCUT2D eigenvalue weighted by Crippen LogP contribution is -2.23. The van der Waals surface area contributed by atoms with Crippen LogP contribution in [0.4, 0.5) is 0 Å². The lowest BCUT2D eigenvalue weighted by molar-refractivity contribution is 0.0951. The third-order valence-electron chi connectivity index (χ3n) is 2.24. The predicted octanol–water partition coefficient (Wildman–Crippen LogP) is 2.64. The van der Waals surface area contributed by atoms with Crippen LogP contribution in [0.15, 0.2) is 30.3 Å². The van der Waals surface area contributed by atoms with Gasteiger partial charge in [-0.15, -0.1) is 0 Å². The Bertz CT molecular complexity index is 540. The maximum absolute atomic E-state index is 11.6. The molecule has 0 saturated carbocycles. The second kappa shape index (κ2) is 4.49. The zero-order valence-electron chi connectivity index (χ0n) is 8.83. The third kappa shape index (κ3) is 1.99. The number of aromatic nitrogens is 1. The molecule has 16 heavy (non-hydrogen) atoms. The highest BCUT2D eigenvalue weighted by atomic mass is 35.5. The number of amides is 1. The standard InChI is InChI=1S/C12H11ClN2O/c1-2-14-12(16)10-7-6-8-4-3-5-9(13)11(8)15-10/h3-7H,2H2,1H3,(H,14,16). The molecule has 1 amide bonds. The molecule has 1 aromatic carbocycles. The van der Waals surface area contributed by atoms with Crippen molar-refractivity contribution in [1.29, 1.82) is 0 Å². The Labute approximate surface area is 98.4 Å². The van der Waals surface area contributed by atoms with Crippen LogP contribution in [-0.2, 0) is 0 Å². The minimum atomic E-state index is -0.177. The molecule has 1 heterocycles. The van der Waals surface area contributed by atoms with Crippen LogP contribution in [0.2, 0.25) is 5.02 Å². The molecule has 0 spiro atoms. The van der Waals surface area contributed by atoms with Crippen molar-refractivity contribution in [3.05, 3.63) is 41.0 Å². The van der Waals surface area contributed by atoms with Crippen molar-refractivity contribution in [3.63, 3.8) is 0 Å². The number of nitrogens with zero attached hydrogens (tertiary/aromatic N) is 1. The summed E-state index contributed by atoms with van der Waals surface area (Å²) in [6, 6.07) is 9.08. The molecule has 0 aliphatic heterocycles. The number of hydrogen-bond acceptors (Lipinski definition) is 2. The van der Waals surface area contributed by atoms with Crippen LogP contribution < -0.4 is 5.32 Å². The van der Waals surface area contributed by atoms with E-state index in [0.717, 1.165) is 5.39 Å². The number of nitrogens with one attached hydrogen (secondary N) is 1. The largest absolute Gasteiger partial charge is 0.351 e. The molecule has 1 aromatic heterocycles. The summed E-state index contributed by atoms with van der Waals surface area (Å²) in [4.78, 5) is 15.8. The Morgan fingerprint density at radius 2 is 2.19 bits per heavy atom. The third-order valence-corrected chi connectivity index (χ3v) is 2.55. The van der Waals surface area contributed by atoms with E-state index in [1.54, 1.807) is 12.1 Å². The van der Waals surface area contributed by atoms with Crippen LogP contribution in [0.1, 0.15) is 17.4 Å². The molecule has 2 rings (SSSR count). The quantitative estimate of drug-likeness (QED) is 0.868. The Kier molecular flexibility index (Phi) is 3.06. The summed E-state index contributed by atoms with van der Waals surface area (Å²) in [5.41, 5.74) is 1.05. The maximum Gasteiger partial charge on any atom is 0.269 e.